The highest BCUT2D eigenvalue weighted by Crippen LogP contribution is 2.09. The zero-order valence-corrected chi connectivity index (χ0v) is 9.32. The molecule has 0 amide bonds. The highest BCUT2D eigenvalue weighted by molar-refractivity contribution is 7.10. The molecule has 0 bridgehead atoms. The maximum absolute atomic E-state index is 3.40. The van der Waals surface area contributed by atoms with Gasteiger partial charge in [0.1, 0.15) is 0 Å². The minimum atomic E-state index is 0.208. The number of rotatable bonds is 3. The Labute approximate surface area is 84.5 Å². The van der Waals surface area contributed by atoms with Crippen molar-refractivity contribution in [3.05, 3.63) is 28.5 Å². The Morgan fingerprint density at radius 3 is 2.77 bits per heavy atom. The molecule has 1 rings (SSSR count). The molecule has 2 heteroatoms. The third-order valence-corrected chi connectivity index (χ3v) is 2.41. The normalized spacial score (nSPS) is 12.5. The van der Waals surface area contributed by atoms with Gasteiger partial charge in [0.05, 0.1) is 0 Å². The molecular weight excluding hydrogens is 178 g/mol. The second-order valence-corrected chi connectivity index (χ2v) is 5.03. The van der Waals surface area contributed by atoms with Crippen LogP contribution in [0.1, 0.15) is 25.6 Å². The second-order valence-electron chi connectivity index (χ2n) is 4.05. The van der Waals surface area contributed by atoms with E-state index in [1.165, 1.54) is 4.88 Å². The lowest BCUT2D eigenvalue weighted by atomic mass is 10.1. The summed E-state index contributed by atoms with van der Waals surface area (Å²) in [4.78, 5) is 1.32. The summed E-state index contributed by atoms with van der Waals surface area (Å²) in [5.41, 5.74) is 0.208. The average molecular weight is 195 g/mol. The zero-order valence-electron chi connectivity index (χ0n) is 8.50. The predicted octanol–water partition coefficient (Wildman–Crippen LogP) is 3.15. The van der Waals surface area contributed by atoms with E-state index in [2.05, 4.69) is 55.8 Å². The van der Waals surface area contributed by atoms with Crippen molar-refractivity contribution < 1.29 is 0 Å². The number of thiophene rings is 1. The summed E-state index contributed by atoms with van der Waals surface area (Å²) in [7, 11) is 0. The van der Waals surface area contributed by atoms with Crippen LogP contribution in [0.15, 0.2) is 23.6 Å². The number of hydrogen-bond donors (Lipinski definition) is 1. The van der Waals surface area contributed by atoms with Gasteiger partial charge in [0.15, 0.2) is 0 Å². The third kappa shape index (κ3) is 4.86. The van der Waals surface area contributed by atoms with Crippen LogP contribution in [0.5, 0.6) is 0 Å². The van der Waals surface area contributed by atoms with Crippen LogP contribution in [0.2, 0.25) is 0 Å². The molecule has 72 valence electrons. The van der Waals surface area contributed by atoms with Crippen molar-refractivity contribution in [2.45, 2.75) is 26.3 Å². The van der Waals surface area contributed by atoms with E-state index in [1.54, 1.807) is 11.3 Å². The summed E-state index contributed by atoms with van der Waals surface area (Å²) in [5.74, 6) is 0. The standard InChI is InChI=1S/C11H17NS/c1-11(2,3)12-8-4-6-10-7-5-9-13-10/h4-7,9,12H,8H2,1-3H3. The van der Waals surface area contributed by atoms with Gasteiger partial charge in [0.2, 0.25) is 0 Å². The Morgan fingerprint density at radius 1 is 1.46 bits per heavy atom. The van der Waals surface area contributed by atoms with Crippen molar-refractivity contribution in [1.29, 1.82) is 0 Å². The fourth-order valence-corrected chi connectivity index (χ4v) is 1.57. The Morgan fingerprint density at radius 2 is 2.23 bits per heavy atom. The van der Waals surface area contributed by atoms with Crippen molar-refractivity contribution in [1.82, 2.24) is 5.32 Å². The Hall–Kier alpha value is -0.600. The molecule has 0 aromatic carbocycles. The van der Waals surface area contributed by atoms with Crippen LogP contribution >= 0.6 is 11.3 Å². The van der Waals surface area contributed by atoms with Crippen LogP contribution in [0.25, 0.3) is 6.08 Å². The van der Waals surface area contributed by atoms with Crippen LogP contribution in [0, 0.1) is 0 Å². The molecule has 1 aromatic rings. The summed E-state index contributed by atoms with van der Waals surface area (Å²) in [6.45, 7) is 7.45. The van der Waals surface area contributed by atoms with Crippen LogP contribution in [-0.2, 0) is 0 Å². The first-order valence-corrected chi connectivity index (χ1v) is 5.41. The monoisotopic (exact) mass is 195 g/mol. The van der Waals surface area contributed by atoms with Crippen LogP contribution in [0.3, 0.4) is 0 Å². The molecule has 1 aromatic heterocycles. The fourth-order valence-electron chi connectivity index (χ4n) is 0.926. The Balaban J connectivity index is 2.27. The van der Waals surface area contributed by atoms with E-state index in [0.717, 1.165) is 6.54 Å². The summed E-state index contributed by atoms with van der Waals surface area (Å²) in [6, 6.07) is 4.19. The molecule has 0 aliphatic rings. The van der Waals surface area contributed by atoms with Gasteiger partial charge < -0.3 is 5.32 Å². The molecule has 0 atom stereocenters. The van der Waals surface area contributed by atoms with Gasteiger partial charge in [-0.25, -0.2) is 0 Å². The molecule has 0 fully saturated rings. The highest BCUT2D eigenvalue weighted by atomic mass is 32.1. The molecular formula is C11H17NS. The lowest BCUT2D eigenvalue weighted by molar-refractivity contribution is 0.450. The molecule has 1 nitrogen and oxygen atoms in total. The number of nitrogens with one attached hydrogen (secondary N) is 1. The molecule has 0 aliphatic heterocycles. The molecule has 0 aliphatic carbocycles. The first kappa shape index (κ1) is 10.5. The molecule has 0 saturated carbocycles. The van der Waals surface area contributed by atoms with Gasteiger partial charge in [-0.05, 0) is 38.3 Å². The van der Waals surface area contributed by atoms with E-state index in [9.17, 15) is 0 Å². The van der Waals surface area contributed by atoms with Gasteiger partial charge in [-0.2, -0.15) is 0 Å². The Bertz CT molecular complexity index is 254. The van der Waals surface area contributed by atoms with Crippen molar-refractivity contribution >= 4 is 17.4 Å². The maximum atomic E-state index is 3.40. The van der Waals surface area contributed by atoms with E-state index in [-0.39, 0.29) is 5.54 Å². The molecule has 1 N–H and O–H groups in total. The van der Waals surface area contributed by atoms with Crippen molar-refractivity contribution in [3.63, 3.8) is 0 Å². The van der Waals surface area contributed by atoms with Crippen molar-refractivity contribution in [2.24, 2.45) is 0 Å². The third-order valence-electron chi connectivity index (χ3n) is 1.58. The summed E-state index contributed by atoms with van der Waals surface area (Å²) in [5, 5.41) is 5.50. The SMILES string of the molecule is CC(C)(C)NCC=Cc1cccs1. The van der Waals surface area contributed by atoms with E-state index in [0.29, 0.717) is 0 Å². The van der Waals surface area contributed by atoms with Gasteiger partial charge in [0, 0.05) is 17.0 Å². The molecule has 13 heavy (non-hydrogen) atoms. The highest BCUT2D eigenvalue weighted by Gasteiger charge is 2.05. The van der Waals surface area contributed by atoms with Gasteiger partial charge in [-0.1, -0.05) is 12.1 Å². The second kappa shape index (κ2) is 4.58. The number of hydrogen-bond acceptors (Lipinski definition) is 2. The molecule has 0 saturated heterocycles. The fraction of sp³-hybridized carbons (Fsp3) is 0.455. The van der Waals surface area contributed by atoms with Crippen LogP contribution in [0.4, 0.5) is 0 Å². The molecule has 0 unspecified atom stereocenters. The molecule has 1 heterocycles. The first-order valence-electron chi connectivity index (χ1n) is 4.53. The molecule has 0 radical (unpaired) electrons. The lowest BCUT2D eigenvalue weighted by Crippen LogP contribution is -2.35. The first-order chi connectivity index (χ1) is 6.08. The quantitative estimate of drug-likeness (QED) is 0.781. The van der Waals surface area contributed by atoms with E-state index >= 15 is 0 Å². The van der Waals surface area contributed by atoms with Crippen LogP contribution < -0.4 is 5.32 Å². The summed E-state index contributed by atoms with van der Waals surface area (Å²) >= 11 is 1.77. The van der Waals surface area contributed by atoms with Crippen LogP contribution in [-0.4, -0.2) is 12.1 Å². The lowest BCUT2D eigenvalue weighted by Gasteiger charge is -2.18. The maximum Gasteiger partial charge on any atom is 0.0267 e. The Kier molecular flexibility index (Phi) is 3.70. The van der Waals surface area contributed by atoms with E-state index in [4.69, 9.17) is 0 Å². The summed E-state index contributed by atoms with van der Waals surface area (Å²) < 4.78 is 0. The van der Waals surface area contributed by atoms with Gasteiger partial charge >= 0.3 is 0 Å². The van der Waals surface area contributed by atoms with E-state index in [1.807, 2.05) is 0 Å². The van der Waals surface area contributed by atoms with Crippen molar-refractivity contribution in [3.8, 4) is 0 Å². The van der Waals surface area contributed by atoms with Gasteiger partial charge in [-0.3, -0.25) is 0 Å². The summed E-state index contributed by atoms with van der Waals surface area (Å²) in [6.07, 6.45) is 4.32. The van der Waals surface area contributed by atoms with E-state index < -0.39 is 0 Å². The molecule has 0 spiro atoms. The average Bonchev–Trinajstić information content (AvgIpc) is 2.48. The van der Waals surface area contributed by atoms with Gasteiger partial charge in [-0.15, -0.1) is 11.3 Å². The largest absolute Gasteiger partial charge is 0.309 e. The van der Waals surface area contributed by atoms with Gasteiger partial charge in [0.25, 0.3) is 0 Å². The zero-order chi connectivity index (χ0) is 9.73. The smallest absolute Gasteiger partial charge is 0.0267 e. The predicted molar refractivity (Wildman–Crippen MR) is 61.1 cm³/mol. The topological polar surface area (TPSA) is 12.0 Å². The minimum Gasteiger partial charge on any atom is -0.309 e. The van der Waals surface area contributed by atoms with Crippen molar-refractivity contribution in [2.75, 3.05) is 6.54 Å². The minimum absolute atomic E-state index is 0.208.